The number of carbonyl (C=O) groups excluding carboxylic acids is 3. The first-order valence-electron chi connectivity index (χ1n) is 10.8. The number of benzene rings is 1. The Labute approximate surface area is 173 Å². The number of methoxy groups -OCH3 is 1. The summed E-state index contributed by atoms with van der Waals surface area (Å²) in [5.41, 5.74) is 0.853. The number of unbranched alkanes of at least 4 members (excludes halogenated alkanes) is 1. The first-order chi connectivity index (χ1) is 14.0. The highest BCUT2D eigenvalue weighted by molar-refractivity contribution is 6.02. The van der Waals surface area contributed by atoms with Gasteiger partial charge in [-0.2, -0.15) is 0 Å². The standard InChI is InChI=1S/C23H32N2O4/c1-4-5-15-25-21(27)18-12-8-7-11-17(18)19(23(25)13-9-6-10-14-23)20(26)24-16(2)22(28)29-3/h7-8,11-12,16,19H,4-6,9-10,13-15H2,1-3H3,(H,24,26)/t16-,19-/m0/s1. The van der Waals surface area contributed by atoms with Crippen LogP contribution < -0.4 is 5.32 Å². The van der Waals surface area contributed by atoms with Gasteiger partial charge in [-0.05, 0) is 37.8 Å². The van der Waals surface area contributed by atoms with Gasteiger partial charge in [-0.1, -0.05) is 50.8 Å². The molecule has 6 nitrogen and oxygen atoms in total. The molecule has 1 N–H and O–H groups in total. The number of nitrogens with zero attached hydrogens (tertiary/aromatic N) is 1. The molecule has 2 amide bonds. The lowest BCUT2D eigenvalue weighted by Gasteiger charge is -2.54. The maximum Gasteiger partial charge on any atom is 0.328 e. The largest absolute Gasteiger partial charge is 0.467 e. The van der Waals surface area contributed by atoms with E-state index >= 15 is 0 Å². The minimum absolute atomic E-state index is 0.0287. The Hall–Kier alpha value is -2.37. The molecule has 1 fully saturated rings. The van der Waals surface area contributed by atoms with Crippen molar-refractivity contribution in [2.75, 3.05) is 13.7 Å². The third kappa shape index (κ3) is 3.89. The second-order valence-corrected chi connectivity index (χ2v) is 8.25. The highest BCUT2D eigenvalue weighted by atomic mass is 16.5. The van der Waals surface area contributed by atoms with E-state index in [1.54, 1.807) is 6.92 Å². The average Bonchev–Trinajstić information content (AvgIpc) is 2.73. The van der Waals surface area contributed by atoms with E-state index in [0.29, 0.717) is 12.1 Å². The molecule has 0 radical (unpaired) electrons. The molecule has 1 heterocycles. The fourth-order valence-corrected chi connectivity index (χ4v) is 5.02. The minimum Gasteiger partial charge on any atom is -0.467 e. The van der Waals surface area contributed by atoms with Crippen LogP contribution in [0.15, 0.2) is 24.3 Å². The number of hydrogen-bond donors (Lipinski definition) is 1. The van der Waals surface area contributed by atoms with Crippen molar-refractivity contribution in [1.82, 2.24) is 10.2 Å². The van der Waals surface area contributed by atoms with E-state index in [2.05, 4.69) is 12.2 Å². The first-order valence-corrected chi connectivity index (χ1v) is 10.8. The molecular weight excluding hydrogens is 368 g/mol. The van der Waals surface area contributed by atoms with Gasteiger partial charge in [0.05, 0.1) is 18.6 Å². The Kier molecular flexibility index (Phi) is 6.60. The van der Waals surface area contributed by atoms with Crippen molar-refractivity contribution in [2.45, 2.75) is 76.3 Å². The van der Waals surface area contributed by atoms with E-state index in [-0.39, 0.29) is 11.8 Å². The molecule has 1 saturated carbocycles. The van der Waals surface area contributed by atoms with Crippen LogP contribution in [0.25, 0.3) is 0 Å². The summed E-state index contributed by atoms with van der Waals surface area (Å²) < 4.78 is 4.78. The number of rotatable bonds is 6. The Balaban J connectivity index is 2.07. The molecular formula is C23H32N2O4. The Morgan fingerprint density at radius 2 is 1.93 bits per heavy atom. The molecule has 1 aromatic carbocycles. The summed E-state index contributed by atoms with van der Waals surface area (Å²) in [5.74, 6) is -1.13. The van der Waals surface area contributed by atoms with Crippen LogP contribution in [0.5, 0.6) is 0 Å². The van der Waals surface area contributed by atoms with E-state index in [1.165, 1.54) is 7.11 Å². The molecule has 2 aliphatic rings. The molecule has 1 aliphatic heterocycles. The quantitative estimate of drug-likeness (QED) is 0.743. The van der Waals surface area contributed by atoms with Crippen LogP contribution in [0.4, 0.5) is 0 Å². The van der Waals surface area contributed by atoms with E-state index in [1.807, 2.05) is 29.2 Å². The Bertz CT molecular complexity index is 770. The third-order valence-corrected chi connectivity index (χ3v) is 6.45. The third-order valence-electron chi connectivity index (χ3n) is 6.45. The molecule has 1 aromatic rings. The van der Waals surface area contributed by atoms with E-state index in [0.717, 1.165) is 50.5 Å². The number of amides is 2. The molecule has 3 rings (SSSR count). The van der Waals surface area contributed by atoms with Gasteiger partial charge in [0.1, 0.15) is 6.04 Å². The highest BCUT2D eigenvalue weighted by Crippen LogP contribution is 2.49. The smallest absolute Gasteiger partial charge is 0.328 e. The van der Waals surface area contributed by atoms with Gasteiger partial charge in [-0.15, -0.1) is 0 Å². The average molecular weight is 401 g/mol. The number of esters is 1. The van der Waals surface area contributed by atoms with E-state index in [4.69, 9.17) is 4.74 Å². The van der Waals surface area contributed by atoms with Crippen LogP contribution in [-0.4, -0.2) is 47.9 Å². The summed E-state index contributed by atoms with van der Waals surface area (Å²) in [5, 5.41) is 2.85. The van der Waals surface area contributed by atoms with Crippen molar-refractivity contribution in [3.8, 4) is 0 Å². The summed E-state index contributed by atoms with van der Waals surface area (Å²) in [6.07, 6.45) is 6.61. The second-order valence-electron chi connectivity index (χ2n) is 8.25. The van der Waals surface area contributed by atoms with Crippen molar-refractivity contribution in [2.24, 2.45) is 0 Å². The maximum absolute atomic E-state index is 13.5. The normalized spacial score (nSPS) is 21.4. The number of carbonyl (C=O) groups is 3. The predicted molar refractivity (Wildman–Crippen MR) is 111 cm³/mol. The van der Waals surface area contributed by atoms with Crippen LogP contribution in [0, 0.1) is 0 Å². The molecule has 0 bridgehead atoms. The number of fused-ring (bicyclic) bond motifs is 1. The van der Waals surface area contributed by atoms with Crippen molar-refractivity contribution < 1.29 is 19.1 Å². The van der Waals surface area contributed by atoms with Gasteiger partial charge in [-0.25, -0.2) is 4.79 Å². The second kappa shape index (κ2) is 8.97. The van der Waals surface area contributed by atoms with Gasteiger partial charge >= 0.3 is 5.97 Å². The Morgan fingerprint density at radius 3 is 2.59 bits per heavy atom. The summed E-state index contributed by atoms with van der Waals surface area (Å²) in [6, 6.07) is 6.71. The van der Waals surface area contributed by atoms with Crippen LogP contribution in [0.3, 0.4) is 0 Å². The van der Waals surface area contributed by atoms with Crippen molar-refractivity contribution in [1.29, 1.82) is 0 Å². The van der Waals surface area contributed by atoms with Crippen molar-refractivity contribution in [3.05, 3.63) is 35.4 Å². The predicted octanol–water partition coefficient (Wildman–Crippen LogP) is 3.41. The SMILES string of the molecule is CCCCN1C(=O)c2ccccc2[C@@H](C(=O)N[C@@H](C)C(=O)OC)C12CCCCC2. The topological polar surface area (TPSA) is 75.7 Å². The summed E-state index contributed by atoms with van der Waals surface area (Å²) in [6.45, 7) is 4.39. The lowest BCUT2D eigenvalue weighted by molar-refractivity contribution is -0.145. The zero-order valence-corrected chi connectivity index (χ0v) is 17.7. The summed E-state index contributed by atoms with van der Waals surface area (Å²) in [4.78, 5) is 40.9. The molecule has 158 valence electrons. The Morgan fingerprint density at radius 1 is 1.24 bits per heavy atom. The van der Waals surface area contributed by atoms with E-state index in [9.17, 15) is 14.4 Å². The van der Waals surface area contributed by atoms with Gasteiger partial charge < -0.3 is 15.0 Å². The summed E-state index contributed by atoms with van der Waals surface area (Å²) >= 11 is 0. The van der Waals surface area contributed by atoms with Gasteiger partial charge in [0.2, 0.25) is 5.91 Å². The maximum atomic E-state index is 13.5. The highest BCUT2D eigenvalue weighted by Gasteiger charge is 2.54. The molecule has 1 spiro atoms. The molecule has 0 saturated heterocycles. The molecule has 29 heavy (non-hydrogen) atoms. The molecule has 2 atom stereocenters. The van der Waals surface area contributed by atoms with Crippen LogP contribution >= 0.6 is 0 Å². The lowest BCUT2D eigenvalue weighted by atomic mass is 9.65. The molecule has 1 aliphatic carbocycles. The zero-order chi connectivity index (χ0) is 21.0. The fraction of sp³-hybridized carbons (Fsp3) is 0.609. The fourth-order valence-electron chi connectivity index (χ4n) is 5.02. The summed E-state index contributed by atoms with van der Waals surface area (Å²) in [7, 11) is 1.31. The minimum atomic E-state index is -0.734. The number of ether oxygens (including phenoxy) is 1. The monoisotopic (exact) mass is 400 g/mol. The van der Waals surface area contributed by atoms with Gasteiger partial charge in [0.15, 0.2) is 0 Å². The van der Waals surface area contributed by atoms with Crippen LogP contribution in [0.2, 0.25) is 0 Å². The van der Waals surface area contributed by atoms with Crippen LogP contribution in [0.1, 0.15) is 80.6 Å². The number of hydrogen-bond acceptors (Lipinski definition) is 4. The van der Waals surface area contributed by atoms with Gasteiger partial charge in [-0.3, -0.25) is 9.59 Å². The number of nitrogens with one attached hydrogen (secondary N) is 1. The molecule has 6 heteroatoms. The van der Waals surface area contributed by atoms with Crippen molar-refractivity contribution in [3.63, 3.8) is 0 Å². The van der Waals surface area contributed by atoms with Gasteiger partial charge in [0, 0.05) is 12.1 Å². The molecule has 0 aromatic heterocycles. The van der Waals surface area contributed by atoms with Gasteiger partial charge in [0.25, 0.3) is 5.91 Å². The molecule has 0 unspecified atom stereocenters. The van der Waals surface area contributed by atoms with Crippen LogP contribution in [-0.2, 0) is 14.3 Å². The first kappa shape index (κ1) is 21.3. The zero-order valence-electron chi connectivity index (χ0n) is 17.7. The van der Waals surface area contributed by atoms with E-state index < -0.39 is 23.5 Å². The van der Waals surface area contributed by atoms with Crippen molar-refractivity contribution >= 4 is 17.8 Å². The lowest BCUT2D eigenvalue weighted by Crippen LogP contribution is -2.63.